The molecule has 1 fully saturated rings. The maximum Gasteiger partial charge on any atom is 0.253 e. The van der Waals surface area contributed by atoms with Crippen LogP contribution in [0.1, 0.15) is 53.9 Å². The Kier molecular flexibility index (Phi) is 5.81. The summed E-state index contributed by atoms with van der Waals surface area (Å²) >= 11 is 0. The molecule has 33 heavy (non-hydrogen) atoms. The van der Waals surface area contributed by atoms with Gasteiger partial charge in [-0.05, 0) is 78.4 Å². The number of hydrogen-bond donors (Lipinski definition) is 1. The molecule has 2 atom stereocenters. The Morgan fingerprint density at radius 2 is 1.97 bits per heavy atom. The highest BCUT2D eigenvalue weighted by atomic mass is 16.1. The molecule has 1 N–H and O–H groups in total. The summed E-state index contributed by atoms with van der Waals surface area (Å²) in [4.78, 5) is 18.9. The van der Waals surface area contributed by atoms with Gasteiger partial charge in [-0.15, -0.1) is 5.10 Å². The normalized spacial score (nSPS) is 18.0. The number of nitrogens with one attached hydrogen (secondary N) is 1. The Hall–Kier alpha value is -3.32. The average Bonchev–Trinajstić information content (AvgIpc) is 3.23. The Balaban J connectivity index is 1.65. The van der Waals surface area contributed by atoms with Crippen molar-refractivity contribution < 1.29 is 0 Å². The van der Waals surface area contributed by atoms with Gasteiger partial charge in [0.2, 0.25) is 0 Å². The van der Waals surface area contributed by atoms with Crippen molar-refractivity contribution in [2.24, 2.45) is 5.92 Å². The predicted octanol–water partition coefficient (Wildman–Crippen LogP) is 4.00. The molecule has 1 aliphatic heterocycles. The first-order valence-corrected chi connectivity index (χ1v) is 11.7. The van der Waals surface area contributed by atoms with Crippen LogP contribution < -0.4 is 5.56 Å². The topological polar surface area (TPSA) is 79.7 Å². The van der Waals surface area contributed by atoms with Gasteiger partial charge in [0.15, 0.2) is 5.82 Å². The van der Waals surface area contributed by atoms with Crippen LogP contribution in [0.25, 0.3) is 10.9 Å². The van der Waals surface area contributed by atoms with Gasteiger partial charge in [0.05, 0.1) is 6.54 Å². The van der Waals surface area contributed by atoms with Crippen LogP contribution in [0, 0.1) is 19.8 Å². The third-order valence-corrected chi connectivity index (χ3v) is 6.67. The van der Waals surface area contributed by atoms with E-state index in [0.717, 1.165) is 47.1 Å². The molecule has 1 saturated heterocycles. The fourth-order valence-electron chi connectivity index (χ4n) is 5.13. The van der Waals surface area contributed by atoms with Gasteiger partial charge < -0.3 is 4.98 Å². The van der Waals surface area contributed by atoms with Crippen LogP contribution in [0.5, 0.6) is 0 Å². The van der Waals surface area contributed by atoms with Gasteiger partial charge in [-0.1, -0.05) is 43.3 Å². The molecule has 0 amide bonds. The van der Waals surface area contributed by atoms with Crippen LogP contribution in [0.3, 0.4) is 0 Å². The van der Waals surface area contributed by atoms with Crippen molar-refractivity contribution in [3.63, 3.8) is 0 Å². The van der Waals surface area contributed by atoms with Gasteiger partial charge in [-0.3, -0.25) is 9.69 Å². The summed E-state index contributed by atoms with van der Waals surface area (Å²) in [5.41, 5.74) is 4.90. The maximum atomic E-state index is 13.4. The molecule has 170 valence electrons. The molecule has 0 radical (unpaired) electrons. The molecule has 2 aromatic heterocycles. The van der Waals surface area contributed by atoms with Gasteiger partial charge >= 0.3 is 0 Å². The number of fused-ring (bicyclic) bond motifs is 1. The largest absolute Gasteiger partial charge is 0.322 e. The highest BCUT2D eigenvalue weighted by Gasteiger charge is 2.33. The van der Waals surface area contributed by atoms with Crippen LogP contribution in [0.15, 0.2) is 53.3 Å². The molecule has 0 spiro atoms. The van der Waals surface area contributed by atoms with Gasteiger partial charge in [0, 0.05) is 23.0 Å². The molecule has 2 aromatic carbocycles. The number of H-pyrrole nitrogens is 1. The molecule has 5 rings (SSSR count). The lowest BCUT2D eigenvalue weighted by atomic mass is 9.95. The number of aromatic amines is 1. The minimum absolute atomic E-state index is 0.0787. The SMILES string of the molecule is Cc1cc(C)c2cc([C@@H](c3nnnn3Cc3ccccc3)N3CCC[C@H](C)C3)c(=O)[nH]c2c1. The second-order valence-electron chi connectivity index (χ2n) is 9.42. The number of pyridine rings is 1. The zero-order valence-electron chi connectivity index (χ0n) is 19.5. The molecular weight excluding hydrogens is 412 g/mol. The molecule has 0 bridgehead atoms. The molecule has 7 heteroatoms. The summed E-state index contributed by atoms with van der Waals surface area (Å²) in [6.07, 6.45) is 2.30. The first-order chi connectivity index (χ1) is 16.0. The lowest BCUT2D eigenvalue weighted by molar-refractivity contribution is 0.141. The zero-order valence-corrected chi connectivity index (χ0v) is 19.5. The summed E-state index contributed by atoms with van der Waals surface area (Å²) < 4.78 is 1.84. The first kappa shape index (κ1) is 21.5. The second-order valence-corrected chi connectivity index (χ2v) is 9.42. The van der Waals surface area contributed by atoms with Crippen molar-refractivity contribution in [2.75, 3.05) is 13.1 Å². The van der Waals surface area contributed by atoms with Gasteiger partial charge in [-0.2, -0.15) is 0 Å². The smallest absolute Gasteiger partial charge is 0.253 e. The van der Waals surface area contributed by atoms with Crippen LogP contribution in [-0.2, 0) is 6.54 Å². The van der Waals surface area contributed by atoms with Gasteiger partial charge in [0.1, 0.15) is 6.04 Å². The quantitative estimate of drug-likeness (QED) is 0.505. The van der Waals surface area contributed by atoms with E-state index in [4.69, 9.17) is 0 Å². The highest BCUT2D eigenvalue weighted by Crippen LogP contribution is 2.31. The number of piperidine rings is 1. The van der Waals surface area contributed by atoms with Gasteiger partial charge in [-0.25, -0.2) is 4.68 Å². The monoisotopic (exact) mass is 442 g/mol. The third-order valence-electron chi connectivity index (χ3n) is 6.67. The van der Waals surface area contributed by atoms with Crippen LogP contribution >= 0.6 is 0 Å². The number of rotatable bonds is 5. The van der Waals surface area contributed by atoms with E-state index in [1.165, 1.54) is 6.42 Å². The minimum Gasteiger partial charge on any atom is -0.322 e. The van der Waals surface area contributed by atoms with E-state index in [1.807, 2.05) is 35.9 Å². The number of aromatic nitrogens is 5. The van der Waals surface area contributed by atoms with Crippen LogP contribution in [0.4, 0.5) is 0 Å². The lowest BCUT2D eigenvalue weighted by Crippen LogP contribution is -2.41. The average molecular weight is 443 g/mol. The van der Waals surface area contributed by atoms with E-state index < -0.39 is 0 Å². The number of nitrogens with zero attached hydrogens (tertiary/aromatic N) is 5. The number of benzene rings is 2. The number of tetrazole rings is 1. The van der Waals surface area contributed by atoms with Crippen molar-refractivity contribution in [1.29, 1.82) is 0 Å². The standard InChI is InChI=1S/C26H30N6O/c1-17-8-7-11-31(15-17)24(25-28-29-30-32(25)16-20-9-5-4-6-10-20)22-14-21-19(3)12-18(2)13-23(21)27-26(22)33/h4-6,9-10,12-14,17,24H,7-8,11,15-16H2,1-3H3,(H,27,33)/t17-,24-/m0/s1. The fourth-order valence-corrected chi connectivity index (χ4v) is 5.13. The van der Waals surface area contributed by atoms with Gasteiger partial charge in [0.25, 0.3) is 5.56 Å². The molecular formula is C26H30N6O. The summed E-state index contributed by atoms with van der Waals surface area (Å²) in [5, 5.41) is 13.9. The molecule has 1 aliphatic rings. The summed E-state index contributed by atoms with van der Waals surface area (Å²) in [5.74, 6) is 1.27. The summed E-state index contributed by atoms with van der Waals surface area (Å²) in [7, 11) is 0. The van der Waals surface area contributed by atoms with Crippen molar-refractivity contribution in [3.05, 3.63) is 87.0 Å². The molecule has 0 aliphatic carbocycles. The van der Waals surface area contributed by atoms with Crippen molar-refractivity contribution in [2.45, 2.75) is 46.2 Å². The molecule has 7 nitrogen and oxygen atoms in total. The Labute approximate surface area is 193 Å². The fraction of sp³-hybridized carbons (Fsp3) is 0.385. The van der Waals surface area contributed by atoms with E-state index in [0.29, 0.717) is 23.9 Å². The molecule has 3 heterocycles. The second kappa shape index (κ2) is 8.90. The van der Waals surface area contributed by atoms with Crippen molar-refractivity contribution in [3.8, 4) is 0 Å². The summed E-state index contributed by atoms with van der Waals surface area (Å²) in [6, 6.07) is 16.1. The molecule has 0 saturated carbocycles. The van der Waals surface area contributed by atoms with E-state index in [1.54, 1.807) is 0 Å². The molecule has 0 unspecified atom stereocenters. The third kappa shape index (κ3) is 4.33. The zero-order chi connectivity index (χ0) is 22.9. The number of aryl methyl sites for hydroxylation is 2. The summed E-state index contributed by atoms with van der Waals surface area (Å²) in [6.45, 7) is 8.80. The number of hydrogen-bond acceptors (Lipinski definition) is 5. The van der Waals surface area contributed by atoms with E-state index in [-0.39, 0.29) is 11.6 Å². The van der Waals surface area contributed by atoms with E-state index >= 15 is 0 Å². The predicted molar refractivity (Wildman–Crippen MR) is 129 cm³/mol. The van der Waals surface area contributed by atoms with E-state index in [2.05, 4.69) is 63.5 Å². The molecule has 4 aromatic rings. The Morgan fingerprint density at radius 1 is 1.15 bits per heavy atom. The minimum atomic E-state index is -0.305. The van der Waals surface area contributed by atoms with Crippen molar-refractivity contribution in [1.82, 2.24) is 30.1 Å². The highest BCUT2D eigenvalue weighted by molar-refractivity contribution is 5.83. The first-order valence-electron chi connectivity index (χ1n) is 11.7. The Bertz CT molecular complexity index is 1330. The van der Waals surface area contributed by atoms with Crippen LogP contribution in [-0.4, -0.2) is 43.2 Å². The van der Waals surface area contributed by atoms with Crippen molar-refractivity contribution >= 4 is 10.9 Å². The lowest BCUT2D eigenvalue weighted by Gasteiger charge is -2.36. The maximum absolute atomic E-state index is 13.4. The van der Waals surface area contributed by atoms with E-state index in [9.17, 15) is 4.79 Å². The van der Waals surface area contributed by atoms with Crippen LogP contribution in [0.2, 0.25) is 0 Å². The number of likely N-dealkylation sites (tertiary alicyclic amines) is 1. The Morgan fingerprint density at radius 3 is 2.76 bits per heavy atom.